The predicted octanol–water partition coefficient (Wildman–Crippen LogP) is 1.52. The van der Waals surface area contributed by atoms with Crippen LogP contribution in [0, 0.1) is 5.82 Å². The first-order valence-electron chi connectivity index (χ1n) is 4.08. The van der Waals surface area contributed by atoms with Gasteiger partial charge < -0.3 is 4.74 Å². The van der Waals surface area contributed by atoms with E-state index in [1.165, 1.54) is 12.1 Å². The minimum Gasteiger partial charge on any atom is -0.467 e. The van der Waals surface area contributed by atoms with Crippen molar-refractivity contribution in [3.8, 4) is 0 Å². The zero-order chi connectivity index (χ0) is 11.4. The molecule has 1 aromatic rings. The van der Waals surface area contributed by atoms with Crippen LogP contribution in [-0.2, 0) is 9.53 Å². The summed E-state index contributed by atoms with van der Waals surface area (Å²) in [6.45, 7) is 0. The van der Waals surface area contributed by atoms with Gasteiger partial charge in [0.1, 0.15) is 5.82 Å². The van der Waals surface area contributed by atoms with Gasteiger partial charge in [-0.25, -0.2) is 13.6 Å². The Bertz CT molecular complexity index is 390. The van der Waals surface area contributed by atoms with Gasteiger partial charge in [-0.2, -0.15) is 0 Å². The van der Waals surface area contributed by atoms with Crippen LogP contribution in [0.2, 0.25) is 0 Å². The van der Waals surface area contributed by atoms with Gasteiger partial charge >= 0.3 is 5.97 Å². The van der Waals surface area contributed by atoms with Gasteiger partial charge in [0.25, 0.3) is 6.17 Å². The van der Waals surface area contributed by atoms with E-state index in [-0.39, 0.29) is 0 Å². The molecule has 0 saturated carbocycles. The number of carbonyl (C=O) groups is 2. The smallest absolute Gasteiger partial charge is 0.348 e. The Morgan fingerprint density at radius 3 is 2.47 bits per heavy atom. The van der Waals surface area contributed by atoms with Crippen molar-refractivity contribution >= 4 is 11.8 Å². The third-order valence-electron chi connectivity index (χ3n) is 1.78. The van der Waals surface area contributed by atoms with Crippen molar-refractivity contribution in [2.75, 3.05) is 7.11 Å². The van der Waals surface area contributed by atoms with Crippen molar-refractivity contribution in [3.63, 3.8) is 0 Å². The molecule has 15 heavy (non-hydrogen) atoms. The fourth-order valence-electron chi connectivity index (χ4n) is 1.01. The Balaban J connectivity index is 2.95. The summed E-state index contributed by atoms with van der Waals surface area (Å²) < 4.78 is 30.1. The number of hydrogen-bond acceptors (Lipinski definition) is 3. The molecule has 0 heterocycles. The molecule has 0 fully saturated rings. The number of hydrogen-bond donors (Lipinski definition) is 0. The molecular formula is C10H8F2O3. The summed E-state index contributed by atoms with van der Waals surface area (Å²) in [4.78, 5) is 21.9. The molecule has 0 bridgehead atoms. The van der Waals surface area contributed by atoms with Crippen LogP contribution in [0.15, 0.2) is 24.3 Å². The maximum absolute atomic E-state index is 13.1. The van der Waals surface area contributed by atoms with Crippen molar-refractivity contribution in [1.29, 1.82) is 0 Å². The van der Waals surface area contributed by atoms with Gasteiger partial charge in [0.2, 0.25) is 5.78 Å². The van der Waals surface area contributed by atoms with E-state index in [0.29, 0.717) is 0 Å². The number of benzene rings is 1. The second-order valence-corrected chi connectivity index (χ2v) is 2.73. The molecule has 1 aromatic carbocycles. The third kappa shape index (κ3) is 2.37. The fourth-order valence-corrected chi connectivity index (χ4v) is 1.01. The number of methoxy groups -OCH3 is 1. The molecule has 0 spiro atoms. The molecule has 5 heteroatoms. The number of Topliss-reactive ketones (excluding diaryl/α,β-unsaturated/α-hetero) is 1. The molecule has 0 N–H and O–H groups in total. The molecular weight excluding hydrogens is 206 g/mol. The first kappa shape index (κ1) is 11.3. The van der Waals surface area contributed by atoms with Gasteiger partial charge in [0.15, 0.2) is 0 Å². The van der Waals surface area contributed by atoms with E-state index in [0.717, 1.165) is 19.2 Å². The van der Waals surface area contributed by atoms with Gasteiger partial charge in [-0.15, -0.1) is 0 Å². The molecule has 0 saturated heterocycles. The molecule has 0 aliphatic rings. The SMILES string of the molecule is COC(=O)C(F)C(=O)c1ccccc1F. The second-order valence-electron chi connectivity index (χ2n) is 2.73. The minimum absolute atomic E-state index is 0.463. The van der Waals surface area contributed by atoms with Crippen molar-refractivity contribution in [3.05, 3.63) is 35.6 Å². The lowest BCUT2D eigenvalue weighted by Crippen LogP contribution is -2.27. The molecule has 80 valence electrons. The summed E-state index contributed by atoms with van der Waals surface area (Å²) >= 11 is 0. The summed E-state index contributed by atoms with van der Waals surface area (Å²) in [7, 11) is 0.948. The summed E-state index contributed by atoms with van der Waals surface area (Å²) in [5.74, 6) is -3.43. The normalized spacial score (nSPS) is 11.9. The van der Waals surface area contributed by atoms with E-state index in [1.807, 2.05) is 0 Å². The number of esters is 1. The van der Waals surface area contributed by atoms with Crippen molar-refractivity contribution in [1.82, 2.24) is 0 Å². The largest absolute Gasteiger partial charge is 0.467 e. The highest BCUT2D eigenvalue weighted by Gasteiger charge is 2.29. The van der Waals surface area contributed by atoms with E-state index >= 15 is 0 Å². The molecule has 0 radical (unpaired) electrons. The van der Waals surface area contributed by atoms with Crippen LogP contribution < -0.4 is 0 Å². The molecule has 0 aliphatic heterocycles. The van der Waals surface area contributed by atoms with Crippen molar-refractivity contribution in [2.45, 2.75) is 6.17 Å². The lowest BCUT2D eigenvalue weighted by molar-refractivity contribution is -0.144. The molecule has 0 aromatic heterocycles. The Labute approximate surface area is 84.7 Å². The number of alkyl halides is 1. The van der Waals surface area contributed by atoms with E-state index in [2.05, 4.69) is 4.74 Å². The van der Waals surface area contributed by atoms with Crippen LogP contribution in [-0.4, -0.2) is 25.0 Å². The van der Waals surface area contributed by atoms with Crippen LogP contribution >= 0.6 is 0 Å². The third-order valence-corrected chi connectivity index (χ3v) is 1.78. The quantitative estimate of drug-likeness (QED) is 0.435. The molecule has 1 unspecified atom stereocenters. The Morgan fingerprint density at radius 2 is 1.93 bits per heavy atom. The van der Waals surface area contributed by atoms with Crippen LogP contribution in [0.3, 0.4) is 0 Å². The topological polar surface area (TPSA) is 43.4 Å². The standard InChI is InChI=1S/C10H8F2O3/c1-15-10(14)8(12)9(13)6-4-2-3-5-7(6)11/h2-5,8H,1H3. The molecule has 3 nitrogen and oxygen atoms in total. The number of ketones is 1. The monoisotopic (exact) mass is 214 g/mol. The van der Waals surface area contributed by atoms with Gasteiger partial charge in [-0.3, -0.25) is 4.79 Å². The van der Waals surface area contributed by atoms with Crippen LogP contribution in [0.1, 0.15) is 10.4 Å². The lowest BCUT2D eigenvalue weighted by Gasteiger charge is -2.05. The summed E-state index contributed by atoms with van der Waals surface area (Å²) in [6, 6.07) is 4.85. The van der Waals surface area contributed by atoms with Crippen LogP contribution in [0.4, 0.5) is 8.78 Å². The molecule has 0 aliphatic carbocycles. The van der Waals surface area contributed by atoms with Gasteiger partial charge in [0, 0.05) is 0 Å². The second kappa shape index (κ2) is 4.63. The highest BCUT2D eigenvalue weighted by atomic mass is 19.1. The van der Waals surface area contributed by atoms with E-state index in [4.69, 9.17) is 0 Å². The minimum atomic E-state index is -2.48. The zero-order valence-corrected chi connectivity index (χ0v) is 7.87. The Morgan fingerprint density at radius 1 is 1.33 bits per heavy atom. The predicted molar refractivity (Wildman–Crippen MR) is 47.6 cm³/mol. The van der Waals surface area contributed by atoms with Crippen molar-refractivity contribution in [2.24, 2.45) is 0 Å². The highest BCUT2D eigenvalue weighted by Crippen LogP contribution is 2.11. The average molecular weight is 214 g/mol. The summed E-state index contributed by atoms with van der Waals surface area (Å²) in [5.41, 5.74) is -0.463. The van der Waals surface area contributed by atoms with Crippen molar-refractivity contribution < 1.29 is 23.1 Å². The Kier molecular flexibility index (Phi) is 3.49. The number of halogens is 2. The highest BCUT2D eigenvalue weighted by molar-refractivity contribution is 6.11. The lowest BCUT2D eigenvalue weighted by atomic mass is 10.1. The van der Waals surface area contributed by atoms with Gasteiger partial charge in [-0.1, -0.05) is 12.1 Å². The Hall–Kier alpha value is -1.78. The maximum atomic E-state index is 13.1. The molecule has 1 rings (SSSR count). The van der Waals surface area contributed by atoms with Crippen LogP contribution in [0.5, 0.6) is 0 Å². The maximum Gasteiger partial charge on any atom is 0.348 e. The fraction of sp³-hybridized carbons (Fsp3) is 0.200. The van der Waals surface area contributed by atoms with E-state index < -0.39 is 29.3 Å². The number of ether oxygens (including phenoxy) is 1. The number of carbonyl (C=O) groups excluding carboxylic acids is 2. The molecule has 1 atom stereocenters. The van der Waals surface area contributed by atoms with E-state index in [1.54, 1.807) is 0 Å². The van der Waals surface area contributed by atoms with Gasteiger partial charge in [-0.05, 0) is 12.1 Å². The number of rotatable bonds is 3. The van der Waals surface area contributed by atoms with Crippen LogP contribution in [0.25, 0.3) is 0 Å². The summed E-state index contributed by atoms with van der Waals surface area (Å²) in [5, 5.41) is 0. The molecule has 0 amide bonds. The first-order chi connectivity index (χ1) is 7.07. The average Bonchev–Trinajstić information content (AvgIpc) is 2.26. The van der Waals surface area contributed by atoms with E-state index in [9.17, 15) is 18.4 Å². The van der Waals surface area contributed by atoms with Gasteiger partial charge in [0.05, 0.1) is 12.7 Å². The zero-order valence-electron chi connectivity index (χ0n) is 7.87. The first-order valence-corrected chi connectivity index (χ1v) is 4.08. The summed E-state index contributed by atoms with van der Waals surface area (Å²) in [6.07, 6.45) is -2.48.